The van der Waals surface area contributed by atoms with E-state index in [0.29, 0.717) is 17.9 Å². The predicted octanol–water partition coefficient (Wildman–Crippen LogP) is 1.63. The van der Waals surface area contributed by atoms with E-state index in [1.54, 1.807) is 19.1 Å². The van der Waals surface area contributed by atoms with Crippen LogP contribution in [0.1, 0.15) is 18.1 Å². The predicted molar refractivity (Wildman–Crippen MR) is 64.8 cm³/mol. The van der Waals surface area contributed by atoms with Gasteiger partial charge in [-0.2, -0.15) is 0 Å². The minimum Gasteiger partial charge on any atom is -0.466 e. The van der Waals surface area contributed by atoms with E-state index < -0.39 is 0 Å². The average molecular weight is 288 g/mol. The minimum absolute atomic E-state index is 0.144. The molecule has 0 aliphatic carbocycles. The van der Waals surface area contributed by atoms with Gasteiger partial charge < -0.3 is 15.6 Å². The van der Waals surface area contributed by atoms with E-state index in [1.807, 2.05) is 0 Å². The minimum atomic E-state index is -0.295. The first-order valence-corrected chi connectivity index (χ1v) is 5.71. The molecule has 1 aromatic rings. The van der Waals surface area contributed by atoms with E-state index in [1.165, 1.54) is 0 Å². The van der Waals surface area contributed by atoms with Gasteiger partial charge in [0.05, 0.1) is 19.6 Å². The lowest BCUT2D eigenvalue weighted by Crippen LogP contribution is -2.09. The van der Waals surface area contributed by atoms with Gasteiger partial charge >= 0.3 is 5.97 Å². The first-order chi connectivity index (χ1) is 7.58. The molecule has 0 aromatic heterocycles. The van der Waals surface area contributed by atoms with E-state index in [0.717, 1.165) is 10.0 Å². The Hall–Kier alpha value is -1.07. The summed E-state index contributed by atoms with van der Waals surface area (Å²) in [5.41, 5.74) is 7.56. The van der Waals surface area contributed by atoms with E-state index in [-0.39, 0.29) is 19.0 Å². The van der Waals surface area contributed by atoms with Crippen molar-refractivity contribution >= 4 is 27.6 Å². The average Bonchev–Trinajstić information content (AvgIpc) is 2.22. The topological polar surface area (TPSA) is 72.5 Å². The fourth-order valence-corrected chi connectivity index (χ4v) is 1.83. The van der Waals surface area contributed by atoms with Crippen LogP contribution >= 0.6 is 15.9 Å². The van der Waals surface area contributed by atoms with Crippen LogP contribution in [-0.2, 0) is 22.6 Å². The molecule has 0 saturated carbocycles. The summed E-state index contributed by atoms with van der Waals surface area (Å²) in [6.45, 7) is 1.97. The highest BCUT2D eigenvalue weighted by atomic mass is 79.9. The zero-order chi connectivity index (χ0) is 12.1. The molecule has 0 atom stereocenters. The monoisotopic (exact) mass is 287 g/mol. The number of carbonyl (C=O) groups is 1. The van der Waals surface area contributed by atoms with Crippen molar-refractivity contribution in [3.8, 4) is 0 Å². The molecule has 0 aliphatic rings. The first kappa shape index (κ1) is 13.0. The van der Waals surface area contributed by atoms with Crippen molar-refractivity contribution in [2.75, 3.05) is 12.3 Å². The SMILES string of the molecule is CCOC(=O)Cc1cc(CO)c(N)cc1Br. The maximum atomic E-state index is 11.3. The molecule has 0 spiro atoms. The van der Waals surface area contributed by atoms with Crippen LogP contribution in [0.25, 0.3) is 0 Å². The molecule has 0 amide bonds. The van der Waals surface area contributed by atoms with Gasteiger partial charge in [0, 0.05) is 15.7 Å². The smallest absolute Gasteiger partial charge is 0.310 e. The zero-order valence-electron chi connectivity index (χ0n) is 9.00. The van der Waals surface area contributed by atoms with Crippen molar-refractivity contribution in [2.45, 2.75) is 20.0 Å². The van der Waals surface area contributed by atoms with E-state index in [2.05, 4.69) is 15.9 Å². The number of aliphatic hydroxyl groups is 1. The molecule has 16 heavy (non-hydrogen) atoms. The summed E-state index contributed by atoms with van der Waals surface area (Å²) in [4.78, 5) is 11.3. The number of ether oxygens (including phenoxy) is 1. The van der Waals surface area contributed by atoms with E-state index in [4.69, 9.17) is 15.6 Å². The second kappa shape index (κ2) is 5.86. The van der Waals surface area contributed by atoms with Crippen LogP contribution in [-0.4, -0.2) is 17.7 Å². The summed E-state index contributed by atoms with van der Waals surface area (Å²) < 4.78 is 5.60. The largest absolute Gasteiger partial charge is 0.466 e. The highest BCUT2D eigenvalue weighted by Crippen LogP contribution is 2.24. The molecule has 1 aromatic carbocycles. The van der Waals surface area contributed by atoms with E-state index in [9.17, 15) is 4.79 Å². The third-order valence-electron chi connectivity index (χ3n) is 2.12. The maximum Gasteiger partial charge on any atom is 0.310 e. The molecule has 0 saturated heterocycles. The van der Waals surface area contributed by atoms with Crippen LogP contribution in [0.4, 0.5) is 5.69 Å². The fraction of sp³-hybridized carbons (Fsp3) is 0.364. The summed E-state index contributed by atoms with van der Waals surface area (Å²) in [5, 5.41) is 9.06. The number of anilines is 1. The quantitative estimate of drug-likeness (QED) is 0.652. The number of rotatable bonds is 4. The van der Waals surface area contributed by atoms with Crippen molar-refractivity contribution in [2.24, 2.45) is 0 Å². The Bertz CT molecular complexity index is 393. The first-order valence-electron chi connectivity index (χ1n) is 4.91. The number of carbonyl (C=O) groups excluding carboxylic acids is 1. The third-order valence-corrected chi connectivity index (χ3v) is 2.86. The number of nitrogen functional groups attached to an aromatic ring is 1. The van der Waals surface area contributed by atoms with Crippen LogP contribution in [0.3, 0.4) is 0 Å². The van der Waals surface area contributed by atoms with Crippen LogP contribution in [0.5, 0.6) is 0 Å². The highest BCUT2D eigenvalue weighted by Gasteiger charge is 2.10. The number of esters is 1. The van der Waals surface area contributed by atoms with E-state index >= 15 is 0 Å². The molecular weight excluding hydrogens is 274 g/mol. The molecule has 5 heteroatoms. The highest BCUT2D eigenvalue weighted by molar-refractivity contribution is 9.10. The number of halogens is 1. The van der Waals surface area contributed by atoms with Gasteiger partial charge in [-0.25, -0.2) is 0 Å². The Morgan fingerprint density at radius 3 is 2.75 bits per heavy atom. The van der Waals surface area contributed by atoms with Crippen molar-refractivity contribution in [1.29, 1.82) is 0 Å². The summed E-state index contributed by atoms with van der Waals surface area (Å²) in [6.07, 6.45) is 0.168. The zero-order valence-corrected chi connectivity index (χ0v) is 10.6. The molecule has 1 rings (SSSR count). The summed E-state index contributed by atoms with van der Waals surface area (Å²) in [6, 6.07) is 3.39. The van der Waals surface area contributed by atoms with Gasteiger partial charge in [0.15, 0.2) is 0 Å². The Kier molecular flexibility index (Phi) is 4.76. The molecular formula is C11H14BrNO3. The molecule has 0 unspecified atom stereocenters. The summed E-state index contributed by atoms with van der Waals surface area (Å²) >= 11 is 3.32. The molecule has 3 N–H and O–H groups in total. The summed E-state index contributed by atoms with van der Waals surface area (Å²) in [5.74, 6) is -0.295. The third kappa shape index (κ3) is 3.21. The van der Waals surface area contributed by atoms with Gasteiger partial charge in [-0.1, -0.05) is 15.9 Å². The van der Waals surface area contributed by atoms with Crippen molar-refractivity contribution in [3.63, 3.8) is 0 Å². The van der Waals surface area contributed by atoms with Crippen LogP contribution in [0.2, 0.25) is 0 Å². The van der Waals surface area contributed by atoms with Crippen LogP contribution in [0, 0.1) is 0 Å². The summed E-state index contributed by atoms with van der Waals surface area (Å²) in [7, 11) is 0. The van der Waals surface area contributed by atoms with Gasteiger partial charge in [-0.15, -0.1) is 0 Å². The lowest BCUT2D eigenvalue weighted by molar-refractivity contribution is -0.142. The molecule has 0 bridgehead atoms. The number of benzene rings is 1. The van der Waals surface area contributed by atoms with Crippen molar-refractivity contribution < 1.29 is 14.6 Å². The molecule has 4 nitrogen and oxygen atoms in total. The number of aliphatic hydroxyl groups excluding tert-OH is 1. The number of hydrogen-bond acceptors (Lipinski definition) is 4. The Labute approximate surface area is 103 Å². The van der Waals surface area contributed by atoms with Gasteiger partial charge in [0.1, 0.15) is 0 Å². The number of hydrogen-bond donors (Lipinski definition) is 2. The second-order valence-corrected chi connectivity index (χ2v) is 4.14. The standard InChI is InChI=1S/C11H14BrNO3/c1-2-16-11(15)4-7-3-8(6-14)10(13)5-9(7)12/h3,5,14H,2,4,6,13H2,1H3. The van der Waals surface area contributed by atoms with Gasteiger partial charge in [0.2, 0.25) is 0 Å². The van der Waals surface area contributed by atoms with Gasteiger partial charge in [0.25, 0.3) is 0 Å². The Balaban J connectivity index is 2.91. The van der Waals surface area contributed by atoms with Gasteiger partial charge in [-0.05, 0) is 24.6 Å². The molecule has 0 heterocycles. The lowest BCUT2D eigenvalue weighted by atomic mass is 10.1. The lowest BCUT2D eigenvalue weighted by Gasteiger charge is -2.09. The molecule has 88 valence electrons. The Morgan fingerprint density at radius 2 is 2.19 bits per heavy atom. The molecule has 0 fully saturated rings. The Morgan fingerprint density at radius 1 is 1.50 bits per heavy atom. The second-order valence-electron chi connectivity index (χ2n) is 3.28. The van der Waals surface area contributed by atoms with Crippen molar-refractivity contribution in [1.82, 2.24) is 0 Å². The van der Waals surface area contributed by atoms with Crippen LogP contribution < -0.4 is 5.73 Å². The maximum absolute atomic E-state index is 11.3. The molecule has 0 aliphatic heterocycles. The fourth-order valence-electron chi connectivity index (χ4n) is 1.32. The molecule has 0 radical (unpaired) electrons. The van der Waals surface area contributed by atoms with Crippen molar-refractivity contribution in [3.05, 3.63) is 27.7 Å². The van der Waals surface area contributed by atoms with Crippen LogP contribution in [0.15, 0.2) is 16.6 Å². The van der Waals surface area contributed by atoms with Gasteiger partial charge in [-0.3, -0.25) is 4.79 Å². The number of nitrogens with two attached hydrogens (primary N) is 1. The normalized spacial score (nSPS) is 10.2.